The number of ketones is 1. The zero-order valence-corrected chi connectivity index (χ0v) is 13.3. The van der Waals surface area contributed by atoms with Crippen LogP contribution in [0.25, 0.3) is 0 Å². The molecule has 2 N–H and O–H groups in total. The molecule has 0 radical (unpaired) electrons. The van der Waals surface area contributed by atoms with Gasteiger partial charge in [-0.05, 0) is 31.5 Å². The topological polar surface area (TPSA) is 57.5 Å². The summed E-state index contributed by atoms with van der Waals surface area (Å²) < 4.78 is 0.691. The highest BCUT2D eigenvalue weighted by molar-refractivity contribution is 5.97. The maximum Gasteiger partial charge on any atom is 0.217 e. The molecule has 1 atom stereocenters. The van der Waals surface area contributed by atoms with Crippen LogP contribution in [0.1, 0.15) is 44.5 Å². The molecule has 0 amide bonds. The minimum absolute atomic E-state index is 0.0110. The summed E-state index contributed by atoms with van der Waals surface area (Å²) in [5.41, 5.74) is 0.444. The number of benzene rings is 1. The molecule has 114 valence electrons. The van der Waals surface area contributed by atoms with E-state index in [2.05, 4.69) is 20.9 Å². The van der Waals surface area contributed by atoms with Gasteiger partial charge in [-0.25, -0.2) is 0 Å². The molecule has 0 aromatic heterocycles. The first-order valence-electron chi connectivity index (χ1n) is 7.30. The van der Waals surface area contributed by atoms with E-state index in [4.69, 9.17) is 0 Å². The van der Waals surface area contributed by atoms with E-state index in [0.29, 0.717) is 16.6 Å². The number of hydrogen-bond donors (Lipinski definition) is 2. The highest BCUT2D eigenvalue weighted by Gasteiger charge is 2.23. The molecule has 1 unspecified atom stereocenters. The Morgan fingerprint density at radius 1 is 1.15 bits per heavy atom. The lowest BCUT2D eigenvalue weighted by molar-refractivity contribution is -0.899. The van der Waals surface area contributed by atoms with Crippen molar-refractivity contribution in [3.63, 3.8) is 0 Å². The Labute approximate surface area is 122 Å². The summed E-state index contributed by atoms with van der Waals surface area (Å²) in [4.78, 5) is 12.1. The van der Waals surface area contributed by atoms with Gasteiger partial charge in [0.1, 0.15) is 6.54 Å². The maximum absolute atomic E-state index is 12.1. The first kappa shape index (κ1) is 18.4. The van der Waals surface area contributed by atoms with Crippen molar-refractivity contribution in [3.8, 4) is 11.5 Å². The number of carbonyl (C=O) groups is 1. The number of phenolic OH excluding ortho intramolecular Hbond substituents is 2. The third-order valence-corrected chi connectivity index (χ3v) is 3.35. The Balaban J connectivity index is 0.00000172. The minimum Gasteiger partial charge on any atom is -0.504 e. The van der Waals surface area contributed by atoms with Crippen molar-refractivity contribution in [1.29, 1.82) is 0 Å². The van der Waals surface area contributed by atoms with Crippen LogP contribution in [0.15, 0.2) is 18.2 Å². The molecular weight excluding hydrogens is 254 g/mol. The van der Waals surface area contributed by atoms with E-state index >= 15 is 0 Å². The van der Waals surface area contributed by atoms with E-state index in [9.17, 15) is 15.0 Å². The molecular formula is C16H28NO3+. The van der Waals surface area contributed by atoms with Crippen LogP contribution in [-0.2, 0) is 0 Å². The Kier molecular flexibility index (Phi) is 7.92. The number of hydrogen-bond acceptors (Lipinski definition) is 3. The summed E-state index contributed by atoms with van der Waals surface area (Å²) in [6, 6.07) is 4.21. The molecule has 1 aromatic rings. The molecule has 4 nitrogen and oxygen atoms in total. The number of carbonyl (C=O) groups excluding carboxylic acids is 1. The van der Waals surface area contributed by atoms with Gasteiger partial charge in [0.2, 0.25) is 5.78 Å². The van der Waals surface area contributed by atoms with Crippen molar-refractivity contribution in [3.05, 3.63) is 23.8 Å². The van der Waals surface area contributed by atoms with Crippen LogP contribution in [0.4, 0.5) is 0 Å². The normalized spacial score (nSPS) is 13.1. The largest absolute Gasteiger partial charge is 0.504 e. The van der Waals surface area contributed by atoms with Crippen LogP contribution in [0, 0.1) is 0 Å². The van der Waals surface area contributed by atoms with Crippen molar-refractivity contribution in [2.24, 2.45) is 0 Å². The van der Waals surface area contributed by atoms with Gasteiger partial charge in [0.05, 0.1) is 20.1 Å². The fourth-order valence-corrected chi connectivity index (χ4v) is 2.02. The van der Waals surface area contributed by atoms with Crippen molar-refractivity contribution in [1.82, 2.24) is 0 Å². The van der Waals surface area contributed by atoms with Crippen LogP contribution < -0.4 is 0 Å². The number of phenols is 2. The Morgan fingerprint density at radius 3 is 2.20 bits per heavy atom. The second-order valence-electron chi connectivity index (χ2n) is 4.94. The van der Waals surface area contributed by atoms with Gasteiger partial charge >= 0.3 is 0 Å². The van der Waals surface area contributed by atoms with E-state index < -0.39 is 0 Å². The smallest absolute Gasteiger partial charge is 0.217 e. The SMILES string of the molecule is CC.CCC[N+](C)(CC)CC(=O)c1ccc(O)c(O)c1. The lowest BCUT2D eigenvalue weighted by atomic mass is 10.1. The minimum atomic E-state index is -0.248. The lowest BCUT2D eigenvalue weighted by Crippen LogP contribution is -2.47. The van der Waals surface area contributed by atoms with Crippen LogP contribution in [0.2, 0.25) is 0 Å². The molecule has 4 heteroatoms. The third kappa shape index (κ3) is 5.21. The number of Topliss-reactive ketones (excluding diaryl/α,β-unsaturated/α-hetero) is 1. The van der Waals surface area contributed by atoms with Crippen LogP contribution in [-0.4, -0.2) is 47.2 Å². The second-order valence-corrected chi connectivity index (χ2v) is 4.94. The highest BCUT2D eigenvalue weighted by atomic mass is 16.3. The van der Waals surface area contributed by atoms with Gasteiger partial charge in [-0.2, -0.15) is 0 Å². The van der Waals surface area contributed by atoms with Gasteiger partial charge in [-0.3, -0.25) is 4.79 Å². The van der Waals surface area contributed by atoms with Gasteiger partial charge < -0.3 is 14.7 Å². The summed E-state index contributed by atoms with van der Waals surface area (Å²) in [7, 11) is 2.06. The average Bonchev–Trinajstić information content (AvgIpc) is 2.44. The number of nitrogens with zero attached hydrogens (tertiary/aromatic N) is 1. The van der Waals surface area contributed by atoms with E-state index in [0.717, 1.165) is 19.5 Å². The number of quaternary nitrogens is 1. The maximum atomic E-state index is 12.1. The zero-order chi connectivity index (χ0) is 15.8. The molecule has 0 bridgehead atoms. The molecule has 0 heterocycles. The lowest BCUT2D eigenvalue weighted by Gasteiger charge is -2.32. The van der Waals surface area contributed by atoms with Gasteiger partial charge in [0.15, 0.2) is 11.5 Å². The van der Waals surface area contributed by atoms with Crippen molar-refractivity contribution < 1.29 is 19.5 Å². The monoisotopic (exact) mass is 282 g/mol. The molecule has 0 aliphatic carbocycles. The van der Waals surface area contributed by atoms with Crippen LogP contribution >= 0.6 is 0 Å². The summed E-state index contributed by atoms with van der Waals surface area (Å²) in [5.74, 6) is -0.460. The summed E-state index contributed by atoms with van der Waals surface area (Å²) in [6.07, 6.45) is 1.03. The molecule has 0 aliphatic rings. The molecule has 0 saturated heterocycles. The van der Waals surface area contributed by atoms with Gasteiger partial charge in [0.25, 0.3) is 0 Å². The van der Waals surface area contributed by atoms with Crippen molar-refractivity contribution >= 4 is 5.78 Å². The molecule has 20 heavy (non-hydrogen) atoms. The molecule has 1 rings (SSSR count). The van der Waals surface area contributed by atoms with Crippen molar-refractivity contribution in [2.75, 3.05) is 26.7 Å². The number of likely N-dealkylation sites (N-methyl/N-ethyl adjacent to an activating group) is 1. The van der Waals surface area contributed by atoms with E-state index in [1.807, 2.05) is 13.8 Å². The fourth-order valence-electron chi connectivity index (χ4n) is 2.02. The standard InChI is InChI=1S/C14H21NO3.C2H6/c1-4-8-15(3,5-2)10-14(18)11-6-7-12(16)13(17)9-11;1-2/h6-7,9H,4-5,8,10H2,1-3H3,(H-,16,17,18);1-2H3/p+1. The summed E-state index contributed by atoms with van der Waals surface area (Å²) >= 11 is 0. The first-order valence-corrected chi connectivity index (χ1v) is 7.30. The Bertz CT molecular complexity index is 432. The highest BCUT2D eigenvalue weighted by Crippen LogP contribution is 2.25. The van der Waals surface area contributed by atoms with Gasteiger partial charge in [-0.15, -0.1) is 0 Å². The number of aromatic hydroxyl groups is 2. The Hall–Kier alpha value is -1.55. The molecule has 1 aromatic carbocycles. The summed E-state index contributed by atoms with van der Waals surface area (Å²) in [5, 5.41) is 18.6. The first-order chi connectivity index (χ1) is 9.41. The molecule has 0 aliphatic heterocycles. The number of rotatable bonds is 6. The quantitative estimate of drug-likeness (QED) is 0.478. The molecule has 0 saturated carbocycles. The average molecular weight is 282 g/mol. The van der Waals surface area contributed by atoms with Gasteiger partial charge in [-0.1, -0.05) is 20.8 Å². The zero-order valence-electron chi connectivity index (χ0n) is 13.3. The van der Waals surface area contributed by atoms with E-state index in [-0.39, 0.29) is 17.3 Å². The predicted molar refractivity (Wildman–Crippen MR) is 82.2 cm³/mol. The molecule has 0 spiro atoms. The van der Waals surface area contributed by atoms with Crippen LogP contribution in [0.5, 0.6) is 11.5 Å². The fraction of sp³-hybridized carbons (Fsp3) is 0.562. The predicted octanol–water partition coefficient (Wildman–Crippen LogP) is 3.18. The Morgan fingerprint density at radius 2 is 1.75 bits per heavy atom. The summed E-state index contributed by atoms with van der Waals surface area (Å²) in [6.45, 7) is 10.4. The molecule has 0 fully saturated rings. The van der Waals surface area contributed by atoms with E-state index in [1.165, 1.54) is 12.1 Å². The van der Waals surface area contributed by atoms with Crippen LogP contribution in [0.3, 0.4) is 0 Å². The van der Waals surface area contributed by atoms with Gasteiger partial charge in [0, 0.05) is 5.56 Å². The van der Waals surface area contributed by atoms with E-state index in [1.54, 1.807) is 6.07 Å². The second kappa shape index (κ2) is 8.59. The van der Waals surface area contributed by atoms with Crippen molar-refractivity contribution in [2.45, 2.75) is 34.1 Å². The third-order valence-electron chi connectivity index (χ3n) is 3.35.